The van der Waals surface area contributed by atoms with Gasteiger partial charge in [-0.05, 0) is 24.3 Å². The monoisotopic (exact) mass is 298 g/mol. The molecule has 1 aromatic carbocycles. The van der Waals surface area contributed by atoms with E-state index in [1.807, 2.05) is 30.3 Å². The Kier molecular flexibility index (Phi) is 4.29. The maximum absolute atomic E-state index is 12.4. The molecule has 0 unspecified atom stereocenters. The topological polar surface area (TPSA) is 24.9 Å². The molecule has 104 valence electrons. The van der Waals surface area contributed by atoms with Crippen molar-refractivity contribution in [3.05, 3.63) is 65.1 Å². The fraction of sp³-hybridized carbons (Fsp3) is 0.0714. The number of rotatable bonds is 3. The summed E-state index contributed by atoms with van der Waals surface area (Å²) in [7, 11) is 0. The Morgan fingerprint density at radius 2 is 1.85 bits per heavy atom. The average molecular weight is 299 g/mol. The van der Waals surface area contributed by atoms with E-state index in [4.69, 9.17) is 11.6 Å². The second-order valence-corrected chi connectivity index (χ2v) is 4.34. The number of nitrogens with one attached hydrogen (secondary N) is 1. The van der Waals surface area contributed by atoms with Crippen molar-refractivity contribution >= 4 is 23.4 Å². The maximum Gasteiger partial charge on any atom is 0.417 e. The Morgan fingerprint density at radius 1 is 1.15 bits per heavy atom. The highest BCUT2D eigenvalue weighted by molar-refractivity contribution is 6.31. The molecule has 0 amide bonds. The molecule has 6 heteroatoms. The van der Waals surface area contributed by atoms with Crippen LogP contribution < -0.4 is 5.32 Å². The maximum atomic E-state index is 12.4. The minimum absolute atomic E-state index is 0.0501. The SMILES string of the molecule is FC(F)(F)c1cnc(C=CNc2ccccc2)c(Cl)c1. The molecule has 0 radical (unpaired) electrons. The van der Waals surface area contributed by atoms with Crippen LogP contribution in [0.1, 0.15) is 11.3 Å². The van der Waals surface area contributed by atoms with E-state index in [1.54, 1.807) is 6.20 Å². The summed E-state index contributed by atoms with van der Waals surface area (Å²) < 4.78 is 37.3. The molecule has 1 heterocycles. The largest absolute Gasteiger partial charge is 0.417 e. The normalized spacial score (nSPS) is 11.8. The highest BCUT2D eigenvalue weighted by Gasteiger charge is 2.31. The number of halogens is 4. The second-order valence-electron chi connectivity index (χ2n) is 3.93. The van der Waals surface area contributed by atoms with Crippen LogP contribution in [0.25, 0.3) is 6.08 Å². The summed E-state index contributed by atoms with van der Waals surface area (Å²) in [6.45, 7) is 0. The number of hydrogen-bond acceptors (Lipinski definition) is 2. The number of alkyl halides is 3. The molecule has 0 saturated heterocycles. The van der Waals surface area contributed by atoms with Gasteiger partial charge >= 0.3 is 6.18 Å². The Hall–Kier alpha value is -2.01. The van der Waals surface area contributed by atoms with Gasteiger partial charge in [0, 0.05) is 18.1 Å². The summed E-state index contributed by atoms with van der Waals surface area (Å²) in [4.78, 5) is 3.70. The molecule has 2 nitrogen and oxygen atoms in total. The lowest BCUT2D eigenvalue weighted by atomic mass is 10.2. The molecule has 0 bridgehead atoms. The standard InChI is InChI=1S/C14H10ClF3N2/c15-12-8-10(14(16,17)18)9-20-13(12)6-7-19-11-4-2-1-3-5-11/h1-9,19H. The Bertz CT molecular complexity index is 610. The van der Waals surface area contributed by atoms with Crippen LogP contribution in [0.2, 0.25) is 5.02 Å². The van der Waals surface area contributed by atoms with Crippen molar-refractivity contribution in [1.29, 1.82) is 0 Å². The zero-order chi connectivity index (χ0) is 14.6. The van der Waals surface area contributed by atoms with Gasteiger partial charge in [-0.1, -0.05) is 29.8 Å². The van der Waals surface area contributed by atoms with Gasteiger partial charge in [0.1, 0.15) is 0 Å². The molecular weight excluding hydrogens is 289 g/mol. The van der Waals surface area contributed by atoms with E-state index in [0.717, 1.165) is 18.0 Å². The van der Waals surface area contributed by atoms with Crippen LogP contribution in [0.4, 0.5) is 18.9 Å². The van der Waals surface area contributed by atoms with Crippen LogP contribution in [-0.4, -0.2) is 4.98 Å². The smallest absolute Gasteiger partial charge is 0.362 e. The second kappa shape index (κ2) is 5.96. The first kappa shape index (κ1) is 14.4. The van der Waals surface area contributed by atoms with E-state index in [0.29, 0.717) is 0 Å². The van der Waals surface area contributed by atoms with Crippen molar-refractivity contribution in [2.75, 3.05) is 5.32 Å². The molecular formula is C14H10ClF3N2. The van der Waals surface area contributed by atoms with E-state index in [2.05, 4.69) is 10.3 Å². The van der Waals surface area contributed by atoms with Crippen molar-refractivity contribution in [2.45, 2.75) is 6.18 Å². The molecule has 1 N–H and O–H groups in total. The summed E-state index contributed by atoms with van der Waals surface area (Å²) in [5.41, 5.74) is 0.255. The first-order chi connectivity index (χ1) is 9.47. The fourth-order valence-electron chi connectivity index (χ4n) is 1.48. The van der Waals surface area contributed by atoms with Gasteiger partial charge < -0.3 is 5.32 Å². The predicted molar refractivity (Wildman–Crippen MR) is 73.3 cm³/mol. The molecule has 0 atom stereocenters. The Balaban J connectivity index is 2.10. The van der Waals surface area contributed by atoms with Gasteiger partial charge in [0.2, 0.25) is 0 Å². The molecule has 0 fully saturated rings. The van der Waals surface area contributed by atoms with Gasteiger partial charge in [-0.2, -0.15) is 13.2 Å². The molecule has 0 aliphatic rings. The lowest BCUT2D eigenvalue weighted by molar-refractivity contribution is -0.137. The van der Waals surface area contributed by atoms with Gasteiger partial charge in [0.05, 0.1) is 16.3 Å². The van der Waals surface area contributed by atoms with E-state index < -0.39 is 11.7 Å². The van der Waals surface area contributed by atoms with E-state index in [-0.39, 0.29) is 10.7 Å². The predicted octanol–water partition coefficient (Wildman–Crippen LogP) is 4.84. The van der Waals surface area contributed by atoms with Crippen molar-refractivity contribution in [2.24, 2.45) is 0 Å². The number of hydrogen-bond donors (Lipinski definition) is 1. The first-order valence-corrected chi connectivity index (χ1v) is 6.05. The zero-order valence-electron chi connectivity index (χ0n) is 10.2. The molecule has 1 aromatic heterocycles. The Morgan fingerprint density at radius 3 is 2.45 bits per heavy atom. The van der Waals surface area contributed by atoms with Gasteiger partial charge in [-0.25, -0.2) is 0 Å². The Labute approximate surface area is 118 Å². The van der Waals surface area contributed by atoms with Crippen molar-refractivity contribution < 1.29 is 13.2 Å². The number of nitrogens with zero attached hydrogens (tertiary/aromatic N) is 1. The van der Waals surface area contributed by atoms with Crippen molar-refractivity contribution in [3.63, 3.8) is 0 Å². The highest BCUT2D eigenvalue weighted by Crippen LogP contribution is 2.31. The minimum atomic E-state index is -4.44. The number of benzene rings is 1. The van der Waals surface area contributed by atoms with Crippen LogP contribution in [0.5, 0.6) is 0 Å². The number of pyridine rings is 1. The summed E-state index contributed by atoms with van der Waals surface area (Å²) in [6.07, 6.45) is -0.610. The molecule has 2 aromatic rings. The summed E-state index contributed by atoms with van der Waals surface area (Å²) in [5, 5.41) is 2.91. The third-order valence-corrected chi connectivity index (χ3v) is 2.76. The van der Waals surface area contributed by atoms with Gasteiger partial charge in [-0.15, -0.1) is 0 Å². The quantitative estimate of drug-likeness (QED) is 0.877. The summed E-state index contributed by atoms with van der Waals surface area (Å²) in [5.74, 6) is 0. The third kappa shape index (κ3) is 3.74. The summed E-state index contributed by atoms with van der Waals surface area (Å²) >= 11 is 5.78. The number of para-hydroxylation sites is 1. The minimum Gasteiger partial charge on any atom is -0.362 e. The first-order valence-electron chi connectivity index (χ1n) is 5.68. The lowest BCUT2D eigenvalue weighted by Crippen LogP contribution is -2.05. The number of anilines is 1. The van der Waals surface area contributed by atoms with Gasteiger partial charge in [-0.3, -0.25) is 4.98 Å². The molecule has 0 aliphatic carbocycles. The zero-order valence-corrected chi connectivity index (χ0v) is 10.9. The number of aromatic nitrogens is 1. The highest BCUT2D eigenvalue weighted by atomic mass is 35.5. The van der Waals surface area contributed by atoms with Gasteiger partial charge in [0.25, 0.3) is 0 Å². The van der Waals surface area contributed by atoms with E-state index in [1.165, 1.54) is 6.08 Å². The van der Waals surface area contributed by atoms with Crippen LogP contribution in [-0.2, 0) is 6.18 Å². The van der Waals surface area contributed by atoms with Crippen LogP contribution in [0, 0.1) is 0 Å². The molecule has 20 heavy (non-hydrogen) atoms. The molecule has 0 spiro atoms. The molecule has 0 saturated carbocycles. The van der Waals surface area contributed by atoms with Crippen LogP contribution in [0.15, 0.2) is 48.8 Å². The van der Waals surface area contributed by atoms with Crippen LogP contribution >= 0.6 is 11.6 Å². The van der Waals surface area contributed by atoms with Crippen molar-refractivity contribution in [1.82, 2.24) is 4.98 Å². The van der Waals surface area contributed by atoms with Gasteiger partial charge in [0.15, 0.2) is 0 Å². The molecule has 0 aliphatic heterocycles. The van der Waals surface area contributed by atoms with Crippen molar-refractivity contribution in [3.8, 4) is 0 Å². The molecule has 2 rings (SSSR count). The van der Waals surface area contributed by atoms with E-state index >= 15 is 0 Å². The van der Waals surface area contributed by atoms with E-state index in [9.17, 15) is 13.2 Å². The lowest BCUT2D eigenvalue weighted by Gasteiger charge is -2.07. The van der Waals surface area contributed by atoms with Crippen LogP contribution in [0.3, 0.4) is 0 Å². The average Bonchev–Trinajstić information content (AvgIpc) is 2.40. The fourth-order valence-corrected chi connectivity index (χ4v) is 1.71. The summed E-state index contributed by atoms with van der Waals surface area (Å²) in [6, 6.07) is 10.2. The third-order valence-electron chi connectivity index (χ3n) is 2.46.